The molecule has 1 atom stereocenters. The molecule has 0 aromatic heterocycles. The molecule has 1 saturated heterocycles. The highest BCUT2D eigenvalue weighted by molar-refractivity contribution is 5.74. The number of hydrogen-bond donors (Lipinski definition) is 1. The Morgan fingerprint density at radius 2 is 2.13 bits per heavy atom. The van der Waals surface area contributed by atoms with Crippen LogP contribution in [-0.2, 0) is 0 Å². The van der Waals surface area contributed by atoms with Crippen LogP contribution in [0.3, 0.4) is 0 Å². The van der Waals surface area contributed by atoms with Crippen LogP contribution in [0.5, 0.6) is 0 Å². The fraction of sp³-hybridized carbons (Fsp3) is 0.909. The summed E-state index contributed by atoms with van der Waals surface area (Å²) in [4.78, 5) is 15.6. The minimum atomic E-state index is 0.147. The molecule has 4 nitrogen and oxygen atoms in total. The van der Waals surface area contributed by atoms with E-state index in [9.17, 15) is 4.79 Å². The number of urea groups is 1. The van der Waals surface area contributed by atoms with Crippen molar-refractivity contribution < 1.29 is 4.79 Å². The van der Waals surface area contributed by atoms with Gasteiger partial charge in [-0.05, 0) is 33.2 Å². The lowest BCUT2D eigenvalue weighted by Gasteiger charge is -2.28. The van der Waals surface area contributed by atoms with E-state index in [2.05, 4.69) is 5.32 Å². The van der Waals surface area contributed by atoms with Gasteiger partial charge < -0.3 is 15.1 Å². The van der Waals surface area contributed by atoms with Crippen LogP contribution in [0.4, 0.5) is 4.79 Å². The maximum atomic E-state index is 11.9. The quantitative estimate of drug-likeness (QED) is 0.760. The normalized spacial score (nSPS) is 20.3. The van der Waals surface area contributed by atoms with Gasteiger partial charge in [0.05, 0.1) is 0 Å². The molecule has 0 aromatic rings. The molecule has 0 saturated carbocycles. The van der Waals surface area contributed by atoms with Gasteiger partial charge in [0.2, 0.25) is 0 Å². The summed E-state index contributed by atoms with van der Waals surface area (Å²) in [5.41, 5.74) is 0. The summed E-state index contributed by atoms with van der Waals surface area (Å²) in [5.74, 6) is 0. The van der Waals surface area contributed by atoms with Gasteiger partial charge in [0.25, 0.3) is 0 Å². The van der Waals surface area contributed by atoms with E-state index in [4.69, 9.17) is 0 Å². The second-order valence-corrected chi connectivity index (χ2v) is 4.13. The first kappa shape index (κ1) is 12.3. The van der Waals surface area contributed by atoms with Crippen molar-refractivity contribution in [2.75, 3.05) is 33.2 Å². The number of rotatable bonds is 4. The first-order chi connectivity index (χ1) is 7.19. The van der Waals surface area contributed by atoms with Gasteiger partial charge >= 0.3 is 6.03 Å². The molecule has 2 amide bonds. The van der Waals surface area contributed by atoms with Crippen molar-refractivity contribution in [2.45, 2.75) is 32.7 Å². The first-order valence-corrected chi connectivity index (χ1v) is 5.92. The van der Waals surface area contributed by atoms with Gasteiger partial charge in [-0.2, -0.15) is 0 Å². The van der Waals surface area contributed by atoms with Crippen molar-refractivity contribution in [3.8, 4) is 0 Å². The third-order valence-corrected chi connectivity index (χ3v) is 3.06. The summed E-state index contributed by atoms with van der Waals surface area (Å²) in [6, 6.07) is 0.646. The van der Waals surface area contributed by atoms with E-state index in [-0.39, 0.29) is 6.03 Å². The molecular formula is C11H23N3O. The molecule has 0 spiro atoms. The minimum absolute atomic E-state index is 0.147. The molecule has 4 heteroatoms. The number of nitrogens with one attached hydrogen (secondary N) is 1. The van der Waals surface area contributed by atoms with Crippen LogP contribution in [0.15, 0.2) is 0 Å². The predicted molar refractivity (Wildman–Crippen MR) is 62.0 cm³/mol. The number of carbonyl (C=O) groups is 1. The van der Waals surface area contributed by atoms with Gasteiger partial charge in [-0.25, -0.2) is 4.79 Å². The summed E-state index contributed by atoms with van der Waals surface area (Å²) >= 11 is 0. The summed E-state index contributed by atoms with van der Waals surface area (Å²) < 4.78 is 0. The van der Waals surface area contributed by atoms with Gasteiger partial charge in [-0.15, -0.1) is 0 Å². The third-order valence-electron chi connectivity index (χ3n) is 3.06. The van der Waals surface area contributed by atoms with Crippen LogP contribution in [0.2, 0.25) is 0 Å². The van der Waals surface area contributed by atoms with Crippen LogP contribution in [-0.4, -0.2) is 55.1 Å². The zero-order chi connectivity index (χ0) is 11.3. The van der Waals surface area contributed by atoms with E-state index in [1.165, 1.54) is 12.8 Å². The Balaban J connectivity index is 2.43. The third kappa shape index (κ3) is 3.38. The fourth-order valence-electron chi connectivity index (χ4n) is 1.90. The van der Waals surface area contributed by atoms with Crippen molar-refractivity contribution in [3.63, 3.8) is 0 Å². The lowest BCUT2D eigenvalue weighted by atomic mass is 10.2. The van der Waals surface area contributed by atoms with Gasteiger partial charge in [0.1, 0.15) is 0 Å². The van der Waals surface area contributed by atoms with Crippen LogP contribution >= 0.6 is 0 Å². The van der Waals surface area contributed by atoms with E-state index in [0.717, 1.165) is 26.2 Å². The Hall–Kier alpha value is -0.770. The fourth-order valence-corrected chi connectivity index (χ4v) is 1.90. The molecule has 0 radical (unpaired) electrons. The lowest BCUT2D eigenvalue weighted by molar-refractivity contribution is 0.163. The van der Waals surface area contributed by atoms with Crippen LogP contribution in [0.25, 0.3) is 0 Å². The molecule has 1 unspecified atom stereocenters. The Bertz CT molecular complexity index is 202. The van der Waals surface area contributed by atoms with Crippen LogP contribution in [0.1, 0.15) is 26.7 Å². The van der Waals surface area contributed by atoms with Gasteiger partial charge in [0, 0.05) is 32.7 Å². The molecule has 1 rings (SSSR count). The molecule has 0 aromatic carbocycles. The molecule has 1 fully saturated rings. The SMILES string of the molecule is CCN(C)C(=O)N(CC)CC1CCCN1. The van der Waals surface area contributed by atoms with Crippen molar-refractivity contribution in [3.05, 3.63) is 0 Å². The Kier molecular flexibility index (Phi) is 4.88. The highest BCUT2D eigenvalue weighted by atomic mass is 16.2. The topological polar surface area (TPSA) is 35.6 Å². The van der Waals surface area contributed by atoms with Gasteiger partial charge in [-0.1, -0.05) is 0 Å². The second kappa shape index (κ2) is 5.95. The van der Waals surface area contributed by atoms with Crippen LogP contribution < -0.4 is 5.32 Å². The summed E-state index contributed by atoms with van der Waals surface area (Å²) in [5, 5.41) is 3.42. The summed E-state index contributed by atoms with van der Waals surface area (Å²) in [6.45, 7) is 7.55. The summed E-state index contributed by atoms with van der Waals surface area (Å²) in [6.07, 6.45) is 2.43. The van der Waals surface area contributed by atoms with E-state index in [0.29, 0.717) is 6.04 Å². The van der Waals surface area contributed by atoms with E-state index < -0.39 is 0 Å². The Morgan fingerprint density at radius 1 is 1.40 bits per heavy atom. The smallest absolute Gasteiger partial charge is 0.319 e. The predicted octanol–water partition coefficient (Wildman–Crippen LogP) is 1.13. The molecule has 88 valence electrons. The van der Waals surface area contributed by atoms with E-state index >= 15 is 0 Å². The van der Waals surface area contributed by atoms with Crippen molar-refractivity contribution in [1.29, 1.82) is 0 Å². The largest absolute Gasteiger partial charge is 0.328 e. The first-order valence-electron chi connectivity index (χ1n) is 5.92. The average molecular weight is 213 g/mol. The van der Waals surface area contributed by atoms with Gasteiger partial charge in [-0.3, -0.25) is 0 Å². The van der Waals surface area contributed by atoms with Crippen molar-refractivity contribution >= 4 is 6.03 Å². The molecule has 1 heterocycles. The molecule has 1 aliphatic rings. The Morgan fingerprint density at radius 3 is 2.60 bits per heavy atom. The standard InChI is InChI=1S/C11H23N3O/c1-4-13(3)11(15)14(5-2)9-10-7-6-8-12-10/h10,12H,4-9H2,1-3H3. The monoisotopic (exact) mass is 213 g/mol. The molecular weight excluding hydrogens is 190 g/mol. The summed E-state index contributed by atoms with van der Waals surface area (Å²) in [7, 11) is 1.85. The van der Waals surface area contributed by atoms with Crippen LogP contribution in [0, 0.1) is 0 Å². The molecule has 0 aliphatic carbocycles. The molecule has 15 heavy (non-hydrogen) atoms. The molecule has 0 bridgehead atoms. The Labute approximate surface area is 92.6 Å². The van der Waals surface area contributed by atoms with E-state index in [1.54, 1.807) is 4.90 Å². The van der Waals surface area contributed by atoms with Gasteiger partial charge in [0.15, 0.2) is 0 Å². The molecule has 1 aliphatic heterocycles. The number of carbonyl (C=O) groups excluding carboxylic acids is 1. The zero-order valence-corrected chi connectivity index (χ0v) is 10.1. The molecule has 1 N–H and O–H groups in total. The number of nitrogens with zero attached hydrogens (tertiary/aromatic N) is 2. The number of hydrogen-bond acceptors (Lipinski definition) is 2. The lowest BCUT2D eigenvalue weighted by Crippen LogP contribution is -2.46. The maximum Gasteiger partial charge on any atom is 0.319 e. The second-order valence-electron chi connectivity index (χ2n) is 4.13. The number of likely N-dealkylation sites (N-methyl/N-ethyl adjacent to an activating group) is 1. The maximum absolute atomic E-state index is 11.9. The number of amides is 2. The highest BCUT2D eigenvalue weighted by Gasteiger charge is 2.21. The average Bonchev–Trinajstić information content (AvgIpc) is 2.76. The zero-order valence-electron chi connectivity index (χ0n) is 10.1. The highest BCUT2D eigenvalue weighted by Crippen LogP contribution is 2.08. The minimum Gasteiger partial charge on any atom is -0.328 e. The van der Waals surface area contributed by atoms with Crippen molar-refractivity contribution in [2.24, 2.45) is 0 Å². The van der Waals surface area contributed by atoms with E-state index in [1.807, 2.05) is 25.8 Å². The van der Waals surface area contributed by atoms with Crippen molar-refractivity contribution in [1.82, 2.24) is 15.1 Å².